The lowest BCUT2D eigenvalue weighted by atomic mass is 10.2. The normalized spacial score (nSPS) is 9.68. The largest absolute Gasteiger partial charge is 0.495 e. The molecule has 0 unspecified atom stereocenters. The van der Waals surface area contributed by atoms with E-state index in [-0.39, 0.29) is 10.1 Å². The van der Waals surface area contributed by atoms with Crippen molar-refractivity contribution in [1.82, 2.24) is 10.2 Å². The van der Waals surface area contributed by atoms with Crippen molar-refractivity contribution >= 4 is 28.1 Å². The number of hydrogen-bond acceptors (Lipinski definition) is 7. The zero-order chi connectivity index (χ0) is 13.8. The number of nitrogens with one attached hydrogen (secondary N) is 1. The highest BCUT2D eigenvalue weighted by Gasteiger charge is 2.16. The van der Waals surface area contributed by atoms with Gasteiger partial charge in [0.05, 0.1) is 12.7 Å². The molecule has 0 saturated carbocycles. The van der Waals surface area contributed by atoms with Crippen LogP contribution in [-0.4, -0.2) is 23.2 Å². The molecule has 0 saturated heterocycles. The lowest BCUT2D eigenvalue weighted by molar-refractivity contribution is 0.102. The molecule has 3 N–H and O–H groups in total. The van der Waals surface area contributed by atoms with Crippen LogP contribution < -0.4 is 15.8 Å². The fourth-order valence-electron chi connectivity index (χ4n) is 1.42. The summed E-state index contributed by atoms with van der Waals surface area (Å²) in [4.78, 5) is 11.9. The van der Waals surface area contributed by atoms with Crippen LogP contribution >= 0.6 is 11.3 Å². The number of nitrogens with two attached hydrogens (primary N) is 1. The minimum atomic E-state index is -0.491. The molecule has 8 heteroatoms. The maximum atomic E-state index is 11.9. The number of anilines is 2. The van der Waals surface area contributed by atoms with Gasteiger partial charge in [-0.15, -0.1) is 10.2 Å². The van der Waals surface area contributed by atoms with Gasteiger partial charge in [0.2, 0.25) is 10.1 Å². The molecule has 0 spiro atoms. The Bertz CT molecular complexity index is 661. The molecule has 0 aliphatic carbocycles. The number of carbonyl (C=O) groups is 1. The van der Waals surface area contributed by atoms with Gasteiger partial charge in [-0.05, 0) is 12.1 Å². The van der Waals surface area contributed by atoms with Crippen molar-refractivity contribution in [3.05, 3.63) is 28.8 Å². The third kappa shape index (κ3) is 2.61. The second-order valence-corrected chi connectivity index (χ2v) is 4.40. The molecule has 0 atom stereocenters. The molecule has 1 aromatic carbocycles. The third-order valence-electron chi connectivity index (χ3n) is 2.24. The summed E-state index contributed by atoms with van der Waals surface area (Å²) in [5.74, 6) is -0.0971. The van der Waals surface area contributed by atoms with Gasteiger partial charge in [0.15, 0.2) is 0 Å². The van der Waals surface area contributed by atoms with Crippen LogP contribution in [0, 0.1) is 11.3 Å². The highest BCUT2D eigenvalue weighted by molar-refractivity contribution is 7.16. The lowest BCUT2D eigenvalue weighted by Gasteiger charge is -2.10. The number of para-hydroxylation sites is 1. The summed E-state index contributed by atoms with van der Waals surface area (Å²) in [6.07, 6.45) is 0. The summed E-state index contributed by atoms with van der Waals surface area (Å²) in [7, 11) is 1.45. The number of aromatic nitrogens is 2. The maximum Gasteiger partial charge on any atom is 0.286 e. The molecule has 2 aromatic rings. The molecule has 19 heavy (non-hydrogen) atoms. The molecule has 0 radical (unpaired) electrons. The van der Waals surface area contributed by atoms with Crippen LogP contribution in [0.25, 0.3) is 0 Å². The minimum Gasteiger partial charge on any atom is -0.495 e. The second kappa shape index (κ2) is 5.32. The summed E-state index contributed by atoms with van der Waals surface area (Å²) in [5.41, 5.74) is 6.00. The van der Waals surface area contributed by atoms with Gasteiger partial charge in [-0.3, -0.25) is 4.79 Å². The first kappa shape index (κ1) is 12.8. The summed E-state index contributed by atoms with van der Waals surface area (Å²) in [6.45, 7) is 0. The van der Waals surface area contributed by atoms with Crippen molar-refractivity contribution in [1.29, 1.82) is 5.26 Å². The Balaban J connectivity index is 2.33. The molecular weight excluding hydrogens is 266 g/mol. The molecule has 0 aliphatic heterocycles. The van der Waals surface area contributed by atoms with Crippen LogP contribution in [0.15, 0.2) is 18.2 Å². The van der Waals surface area contributed by atoms with E-state index in [0.29, 0.717) is 17.0 Å². The summed E-state index contributed by atoms with van der Waals surface area (Å²) >= 11 is 0.962. The fourth-order valence-corrected chi connectivity index (χ4v) is 1.92. The number of nitriles is 1. The number of ether oxygens (including phenoxy) is 1. The number of methoxy groups -OCH3 is 1. The van der Waals surface area contributed by atoms with E-state index in [0.717, 1.165) is 11.3 Å². The number of nitrogens with zero attached hydrogens (tertiary/aromatic N) is 3. The van der Waals surface area contributed by atoms with Crippen molar-refractivity contribution in [2.75, 3.05) is 18.2 Å². The second-order valence-electron chi connectivity index (χ2n) is 3.39. The zero-order valence-corrected chi connectivity index (χ0v) is 10.7. The molecule has 96 valence electrons. The number of benzene rings is 1. The fraction of sp³-hybridized carbons (Fsp3) is 0.0909. The van der Waals surface area contributed by atoms with Crippen LogP contribution in [-0.2, 0) is 0 Å². The Morgan fingerprint density at radius 1 is 1.53 bits per heavy atom. The summed E-state index contributed by atoms with van der Waals surface area (Å²) in [6, 6.07) is 6.86. The van der Waals surface area contributed by atoms with Gasteiger partial charge >= 0.3 is 0 Å². The third-order valence-corrected chi connectivity index (χ3v) is 2.99. The van der Waals surface area contributed by atoms with E-state index < -0.39 is 5.91 Å². The molecular formula is C11H9N5O2S. The predicted octanol–water partition coefficient (Wildman–Crippen LogP) is 1.25. The molecule has 1 amide bonds. The van der Waals surface area contributed by atoms with Gasteiger partial charge in [0.25, 0.3) is 5.91 Å². The van der Waals surface area contributed by atoms with Crippen LogP contribution in [0.3, 0.4) is 0 Å². The smallest absolute Gasteiger partial charge is 0.286 e. The predicted molar refractivity (Wildman–Crippen MR) is 70.0 cm³/mol. The van der Waals surface area contributed by atoms with E-state index in [1.807, 2.05) is 6.07 Å². The lowest BCUT2D eigenvalue weighted by Crippen LogP contribution is -2.13. The summed E-state index contributed by atoms with van der Waals surface area (Å²) in [5, 5.41) is 19.1. The zero-order valence-electron chi connectivity index (χ0n) is 9.88. The van der Waals surface area contributed by atoms with Crippen molar-refractivity contribution in [2.45, 2.75) is 0 Å². The average Bonchev–Trinajstić information content (AvgIpc) is 2.85. The van der Waals surface area contributed by atoms with Gasteiger partial charge in [-0.2, -0.15) is 5.26 Å². The maximum absolute atomic E-state index is 11.9. The van der Waals surface area contributed by atoms with Crippen molar-refractivity contribution in [3.63, 3.8) is 0 Å². The van der Waals surface area contributed by atoms with Gasteiger partial charge in [0.1, 0.15) is 17.5 Å². The SMILES string of the molecule is COc1cccc(C#N)c1NC(=O)c1nnc(N)s1. The molecule has 1 aromatic heterocycles. The van der Waals surface area contributed by atoms with Crippen molar-refractivity contribution in [2.24, 2.45) is 0 Å². The monoisotopic (exact) mass is 275 g/mol. The van der Waals surface area contributed by atoms with E-state index in [2.05, 4.69) is 15.5 Å². The number of hydrogen-bond donors (Lipinski definition) is 2. The minimum absolute atomic E-state index is 0.118. The van der Waals surface area contributed by atoms with Crippen LogP contribution in [0.4, 0.5) is 10.8 Å². The molecule has 0 fully saturated rings. The topological polar surface area (TPSA) is 114 Å². The molecule has 0 aliphatic rings. The Hall–Kier alpha value is -2.66. The van der Waals surface area contributed by atoms with E-state index in [9.17, 15) is 4.79 Å². The van der Waals surface area contributed by atoms with Crippen molar-refractivity contribution < 1.29 is 9.53 Å². The first-order valence-electron chi connectivity index (χ1n) is 5.13. The number of carbonyl (C=O) groups excluding carboxylic acids is 1. The molecule has 7 nitrogen and oxygen atoms in total. The Morgan fingerprint density at radius 3 is 2.89 bits per heavy atom. The van der Waals surface area contributed by atoms with Crippen LogP contribution in [0.2, 0.25) is 0 Å². The first-order valence-corrected chi connectivity index (χ1v) is 5.94. The van der Waals surface area contributed by atoms with E-state index in [1.165, 1.54) is 7.11 Å². The number of amides is 1. The Kier molecular flexibility index (Phi) is 3.58. The molecule has 2 rings (SSSR count). The van der Waals surface area contributed by atoms with Gasteiger partial charge < -0.3 is 15.8 Å². The van der Waals surface area contributed by atoms with Gasteiger partial charge in [-0.25, -0.2) is 0 Å². The van der Waals surface area contributed by atoms with Crippen molar-refractivity contribution in [3.8, 4) is 11.8 Å². The Morgan fingerprint density at radius 2 is 2.32 bits per heavy atom. The van der Waals surface area contributed by atoms with Crippen LogP contribution in [0.1, 0.15) is 15.4 Å². The standard InChI is InChI=1S/C11H9N5O2S/c1-18-7-4-2-3-6(5-12)8(7)14-9(17)10-15-16-11(13)19-10/h2-4H,1H3,(H2,13,16)(H,14,17). The highest BCUT2D eigenvalue weighted by atomic mass is 32.1. The number of nitrogen functional groups attached to an aromatic ring is 1. The average molecular weight is 275 g/mol. The number of rotatable bonds is 3. The van der Waals surface area contributed by atoms with E-state index >= 15 is 0 Å². The summed E-state index contributed by atoms with van der Waals surface area (Å²) < 4.78 is 5.11. The Labute approximate surface area is 112 Å². The first-order chi connectivity index (χ1) is 9.15. The highest BCUT2D eigenvalue weighted by Crippen LogP contribution is 2.28. The van der Waals surface area contributed by atoms with Gasteiger partial charge in [0, 0.05) is 0 Å². The van der Waals surface area contributed by atoms with E-state index in [4.69, 9.17) is 15.7 Å². The molecule has 0 bridgehead atoms. The van der Waals surface area contributed by atoms with Gasteiger partial charge in [-0.1, -0.05) is 17.4 Å². The quantitative estimate of drug-likeness (QED) is 0.871. The molecule has 1 heterocycles. The van der Waals surface area contributed by atoms with E-state index in [1.54, 1.807) is 18.2 Å². The van der Waals surface area contributed by atoms with Crippen LogP contribution in [0.5, 0.6) is 5.75 Å².